The van der Waals surface area contributed by atoms with E-state index in [-0.39, 0.29) is 0 Å². The van der Waals surface area contributed by atoms with Crippen LogP contribution in [0.15, 0.2) is 24.3 Å². The van der Waals surface area contributed by atoms with Gasteiger partial charge in [0.2, 0.25) is 0 Å². The van der Waals surface area contributed by atoms with E-state index in [1.807, 2.05) is 18.2 Å². The summed E-state index contributed by atoms with van der Waals surface area (Å²) in [7, 11) is 1.29. The average molecular weight is 232 g/mol. The molecule has 0 saturated heterocycles. The summed E-state index contributed by atoms with van der Waals surface area (Å²) in [6.45, 7) is 0.353. The van der Waals surface area contributed by atoms with Gasteiger partial charge in [-0.05, 0) is 24.3 Å². The van der Waals surface area contributed by atoms with E-state index in [4.69, 9.17) is 5.73 Å². The first-order valence-electron chi connectivity index (χ1n) is 5.04. The fraction of sp³-hybridized carbons (Fsp3) is 0.182. The van der Waals surface area contributed by atoms with Gasteiger partial charge in [0.05, 0.1) is 12.8 Å². The Kier molecular flexibility index (Phi) is 3.15. The molecule has 2 aromatic heterocycles. The highest BCUT2D eigenvalue weighted by Gasteiger charge is 2.04. The molecule has 2 heterocycles. The molecule has 2 rings (SSSR count). The summed E-state index contributed by atoms with van der Waals surface area (Å²) >= 11 is 0. The second-order valence-corrected chi connectivity index (χ2v) is 3.37. The van der Waals surface area contributed by atoms with Crippen LogP contribution in [0, 0.1) is 0 Å². The van der Waals surface area contributed by atoms with Crippen LogP contribution in [0.2, 0.25) is 0 Å². The normalized spacial score (nSPS) is 10.2. The van der Waals surface area contributed by atoms with Crippen molar-refractivity contribution in [2.45, 2.75) is 6.54 Å². The molecule has 0 unspecified atom stereocenters. The number of nitrogens with zero attached hydrogens (tertiary/aromatic N) is 2. The van der Waals surface area contributed by atoms with E-state index in [0.29, 0.717) is 18.0 Å². The van der Waals surface area contributed by atoms with Gasteiger partial charge in [-0.2, -0.15) is 0 Å². The Bertz CT molecular complexity index is 556. The van der Waals surface area contributed by atoms with Crippen molar-refractivity contribution in [2.24, 2.45) is 5.73 Å². The second kappa shape index (κ2) is 4.75. The molecule has 1 amide bonds. The summed E-state index contributed by atoms with van der Waals surface area (Å²) < 4.78 is 4.48. The van der Waals surface area contributed by atoms with Crippen LogP contribution in [0.25, 0.3) is 11.0 Å². The van der Waals surface area contributed by atoms with Crippen molar-refractivity contribution in [3.05, 3.63) is 30.0 Å². The molecule has 0 aliphatic heterocycles. The maximum Gasteiger partial charge on any atom is 0.412 e. The number of ether oxygens (including phenoxy) is 1. The number of hydrogen-bond acceptors (Lipinski definition) is 5. The molecule has 0 aromatic carbocycles. The first kappa shape index (κ1) is 11.3. The van der Waals surface area contributed by atoms with Crippen molar-refractivity contribution in [1.82, 2.24) is 9.97 Å². The van der Waals surface area contributed by atoms with Crippen molar-refractivity contribution in [3.8, 4) is 0 Å². The summed E-state index contributed by atoms with van der Waals surface area (Å²) in [5.74, 6) is 0.394. The van der Waals surface area contributed by atoms with Gasteiger partial charge in [0.1, 0.15) is 5.82 Å². The van der Waals surface area contributed by atoms with E-state index < -0.39 is 6.09 Å². The summed E-state index contributed by atoms with van der Waals surface area (Å²) in [5.41, 5.74) is 6.79. The smallest absolute Gasteiger partial charge is 0.412 e. The lowest BCUT2D eigenvalue weighted by Crippen LogP contribution is -2.12. The highest BCUT2D eigenvalue weighted by atomic mass is 16.5. The van der Waals surface area contributed by atoms with Crippen LogP contribution < -0.4 is 11.1 Å². The molecule has 2 aromatic rings. The molecule has 0 spiro atoms. The van der Waals surface area contributed by atoms with Gasteiger partial charge in [-0.15, -0.1) is 0 Å². The first-order valence-corrected chi connectivity index (χ1v) is 5.04. The van der Waals surface area contributed by atoms with Gasteiger partial charge in [-0.3, -0.25) is 5.32 Å². The van der Waals surface area contributed by atoms with E-state index in [2.05, 4.69) is 20.0 Å². The average Bonchev–Trinajstić information content (AvgIpc) is 2.37. The number of hydrogen-bond donors (Lipinski definition) is 2. The van der Waals surface area contributed by atoms with Gasteiger partial charge in [-0.1, -0.05) is 0 Å². The lowest BCUT2D eigenvalue weighted by molar-refractivity contribution is 0.187. The predicted octanol–water partition coefficient (Wildman–Crippen LogP) is 1.27. The first-order chi connectivity index (χ1) is 8.22. The maximum absolute atomic E-state index is 11.0. The lowest BCUT2D eigenvalue weighted by Gasteiger charge is -2.04. The fourth-order valence-corrected chi connectivity index (χ4v) is 1.38. The monoisotopic (exact) mass is 232 g/mol. The molecule has 0 fully saturated rings. The molecule has 0 saturated carbocycles. The number of pyridine rings is 2. The van der Waals surface area contributed by atoms with E-state index >= 15 is 0 Å². The molecule has 17 heavy (non-hydrogen) atoms. The number of carbonyl (C=O) groups excluding carboxylic acids is 1. The lowest BCUT2D eigenvalue weighted by atomic mass is 10.2. The SMILES string of the molecule is COC(=O)Nc1ccc2ccc(CN)nc2n1. The third-order valence-electron chi connectivity index (χ3n) is 2.23. The number of rotatable bonds is 2. The zero-order chi connectivity index (χ0) is 12.3. The quantitative estimate of drug-likeness (QED) is 0.813. The Morgan fingerprint density at radius 3 is 2.82 bits per heavy atom. The number of nitrogens with one attached hydrogen (secondary N) is 1. The molecule has 0 radical (unpaired) electrons. The van der Waals surface area contributed by atoms with Crippen molar-refractivity contribution in [1.29, 1.82) is 0 Å². The van der Waals surface area contributed by atoms with Gasteiger partial charge >= 0.3 is 6.09 Å². The highest BCUT2D eigenvalue weighted by Crippen LogP contribution is 2.14. The van der Waals surface area contributed by atoms with Crippen LogP contribution in [-0.4, -0.2) is 23.2 Å². The Morgan fingerprint density at radius 2 is 2.12 bits per heavy atom. The Labute approximate surface area is 97.8 Å². The van der Waals surface area contributed by atoms with E-state index in [1.165, 1.54) is 7.11 Å². The second-order valence-electron chi connectivity index (χ2n) is 3.37. The van der Waals surface area contributed by atoms with Crippen LogP contribution in [0.4, 0.5) is 10.6 Å². The van der Waals surface area contributed by atoms with E-state index in [1.54, 1.807) is 6.07 Å². The number of fused-ring (bicyclic) bond motifs is 1. The number of amides is 1. The highest BCUT2D eigenvalue weighted by molar-refractivity contribution is 5.85. The van der Waals surface area contributed by atoms with Gasteiger partial charge in [0, 0.05) is 11.9 Å². The zero-order valence-corrected chi connectivity index (χ0v) is 9.30. The summed E-state index contributed by atoms with van der Waals surface area (Å²) in [6, 6.07) is 7.24. The molecule has 0 bridgehead atoms. The molecular weight excluding hydrogens is 220 g/mol. The summed E-state index contributed by atoms with van der Waals surface area (Å²) in [5, 5.41) is 3.36. The third kappa shape index (κ3) is 2.48. The number of anilines is 1. The van der Waals surface area contributed by atoms with E-state index in [0.717, 1.165) is 11.1 Å². The topological polar surface area (TPSA) is 90.1 Å². The molecule has 3 N–H and O–H groups in total. The number of methoxy groups -OCH3 is 1. The summed E-state index contributed by atoms with van der Waals surface area (Å²) in [6.07, 6.45) is -0.563. The predicted molar refractivity (Wildman–Crippen MR) is 63.5 cm³/mol. The standard InChI is InChI=1S/C11H12N4O2/c1-17-11(16)15-9-5-3-7-2-4-8(6-12)13-10(7)14-9/h2-5H,6,12H2,1H3,(H,13,14,15,16). The molecule has 6 heteroatoms. The number of nitrogens with two attached hydrogens (primary N) is 1. The minimum atomic E-state index is -0.563. The van der Waals surface area contributed by atoms with Crippen molar-refractivity contribution in [3.63, 3.8) is 0 Å². The number of aromatic nitrogens is 2. The summed E-state index contributed by atoms with van der Waals surface area (Å²) in [4.78, 5) is 19.5. The fourth-order valence-electron chi connectivity index (χ4n) is 1.38. The molecule has 0 aliphatic rings. The van der Waals surface area contributed by atoms with Crippen LogP contribution in [-0.2, 0) is 11.3 Å². The largest absolute Gasteiger partial charge is 0.453 e. The number of carbonyl (C=O) groups is 1. The zero-order valence-electron chi connectivity index (χ0n) is 9.30. The van der Waals surface area contributed by atoms with Gasteiger partial charge in [-0.25, -0.2) is 14.8 Å². The van der Waals surface area contributed by atoms with Gasteiger partial charge in [0.25, 0.3) is 0 Å². The Balaban J connectivity index is 2.37. The van der Waals surface area contributed by atoms with Gasteiger partial charge in [0.15, 0.2) is 5.65 Å². The van der Waals surface area contributed by atoms with Crippen LogP contribution in [0.3, 0.4) is 0 Å². The van der Waals surface area contributed by atoms with Crippen molar-refractivity contribution in [2.75, 3.05) is 12.4 Å². The minimum Gasteiger partial charge on any atom is -0.453 e. The molecule has 6 nitrogen and oxygen atoms in total. The third-order valence-corrected chi connectivity index (χ3v) is 2.23. The Morgan fingerprint density at radius 1 is 1.35 bits per heavy atom. The molecule has 88 valence electrons. The molecule has 0 aliphatic carbocycles. The maximum atomic E-state index is 11.0. The minimum absolute atomic E-state index is 0.353. The van der Waals surface area contributed by atoms with Crippen LogP contribution in [0.1, 0.15) is 5.69 Å². The van der Waals surface area contributed by atoms with Crippen LogP contribution in [0.5, 0.6) is 0 Å². The van der Waals surface area contributed by atoms with E-state index in [9.17, 15) is 4.79 Å². The molecular formula is C11H12N4O2. The van der Waals surface area contributed by atoms with Gasteiger partial charge < -0.3 is 10.5 Å². The van der Waals surface area contributed by atoms with Crippen LogP contribution >= 0.6 is 0 Å². The van der Waals surface area contributed by atoms with Crippen molar-refractivity contribution >= 4 is 22.9 Å². The van der Waals surface area contributed by atoms with Crippen molar-refractivity contribution < 1.29 is 9.53 Å². The molecule has 0 atom stereocenters. The Hall–Kier alpha value is -2.21.